The van der Waals surface area contributed by atoms with Gasteiger partial charge in [0.15, 0.2) is 0 Å². The van der Waals surface area contributed by atoms with Gasteiger partial charge in [0, 0.05) is 32.6 Å². The molecule has 318 valence electrons. The lowest BCUT2D eigenvalue weighted by Crippen LogP contribution is -2.60. The maximum atomic E-state index is 14.4. The predicted octanol–water partition coefficient (Wildman–Crippen LogP) is 2.63. The number of amides is 6. The number of esters is 1. The number of rotatable bonds is 8. The first-order valence-electron chi connectivity index (χ1n) is 20.5. The Labute approximate surface area is 338 Å². The summed E-state index contributed by atoms with van der Waals surface area (Å²) in [6.45, 7) is 9.14. The molecule has 1 saturated carbocycles. The minimum atomic E-state index is -1.57. The molecule has 5 rings (SSSR count). The molecule has 1 aromatic carbocycles. The molecule has 6 amide bonds. The van der Waals surface area contributed by atoms with Crippen molar-refractivity contribution in [1.29, 1.82) is 0 Å². The Hall–Kier alpha value is -4.89. The fourth-order valence-corrected chi connectivity index (χ4v) is 8.59. The van der Waals surface area contributed by atoms with Crippen LogP contribution in [0.1, 0.15) is 85.1 Å². The monoisotopic (exact) mass is 812 g/mol. The number of benzene rings is 1. The van der Waals surface area contributed by atoms with Crippen LogP contribution >= 0.6 is 0 Å². The zero-order valence-corrected chi connectivity index (χ0v) is 34.3. The Kier molecular flexibility index (Phi) is 14.7. The second-order valence-electron chi connectivity index (χ2n) is 16.8. The summed E-state index contributed by atoms with van der Waals surface area (Å²) in [6.07, 6.45) is 7.28. The molecule has 0 aromatic heterocycles. The van der Waals surface area contributed by atoms with Crippen molar-refractivity contribution < 1.29 is 47.1 Å². The van der Waals surface area contributed by atoms with Crippen molar-refractivity contribution >= 4 is 41.4 Å². The molecule has 0 bridgehead atoms. The van der Waals surface area contributed by atoms with E-state index in [1.807, 2.05) is 6.08 Å². The van der Waals surface area contributed by atoms with Crippen LogP contribution in [0, 0.1) is 35.3 Å². The van der Waals surface area contributed by atoms with Crippen molar-refractivity contribution in [3.05, 3.63) is 47.5 Å². The van der Waals surface area contributed by atoms with Crippen LogP contribution in [0.5, 0.6) is 0 Å². The summed E-state index contributed by atoms with van der Waals surface area (Å²) in [7, 11) is 1.43. The number of nitrogens with zero attached hydrogens (tertiary/aromatic N) is 3. The number of likely N-dealkylation sites (N-methyl/N-ethyl adjacent to an activating group) is 1. The molecular formula is C42H58F2N6O8. The van der Waals surface area contributed by atoms with Crippen LogP contribution in [-0.2, 0) is 44.7 Å². The van der Waals surface area contributed by atoms with Gasteiger partial charge in [-0.1, -0.05) is 26.8 Å². The van der Waals surface area contributed by atoms with E-state index in [0.717, 1.165) is 31.4 Å². The first-order valence-corrected chi connectivity index (χ1v) is 20.5. The average Bonchev–Trinajstić information content (AvgIpc) is 3.87. The zero-order chi connectivity index (χ0) is 42.4. The molecule has 4 aliphatic rings. The van der Waals surface area contributed by atoms with E-state index < -0.39 is 95.9 Å². The van der Waals surface area contributed by atoms with Gasteiger partial charge >= 0.3 is 5.97 Å². The van der Waals surface area contributed by atoms with Crippen molar-refractivity contribution in [2.45, 2.75) is 122 Å². The summed E-state index contributed by atoms with van der Waals surface area (Å²) in [5, 5.41) is 7.89. The molecule has 3 aliphatic heterocycles. The summed E-state index contributed by atoms with van der Waals surface area (Å²) in [4.78, 5) is 99.8. The number of hydrogen-bond donors (Lipinski definition) is 3. The normalized spacial score (nSPS) is 29.6. The largest absolute Gasteiger partial charge is 0.461 e. The second kappa shape index (κ2) is 19.2. The highest BCUT2D eigenvalue weighted by Gasteiger charge is 2.43. The average molecular weight is 813 g/mol. The standard InChI is InChI=1S/C42H58F2N6O8/c1-23(2)28-12-11-24(3)29(20-28)13-14-36(51)46-32(19-27-17-30(43)21-31(44)18-27)38(53)47-33-22-58-42(57)35-10-8-16-50(35)39(54)25(4)45-37(52)26(5)48(6)41(56)34-9-7-15-49(34)40(33)55/h13-14,17-18,21,23-26,28-29,32-35H,7-12,15-16,19-20,22H2,1-6H3,(H,45,52)(H,46,51)(H,47,53)/b14-13+/t24?,25-,26-,28?,29?,32-,33-,34-,35-/m0/s1. The summed E-state index contributed by atoms with van der Waals surface area (Å²) in [6, 6.07) is -4.34. The molecule has 58 heavy (non-hydrogen) atoms. The van der Waals surface area contributed by atoms with Crippen molar-refractivity contribution in [2.75, 3.05) is 26.7 Å². The number of carbonyl (C=O) groups excluding carboxylic acids is 7. The number of nitrogens with one attached hydrogen (secondary N) is 3. The van der Waals surface area contributed by atoms with Crippen LogP contribution in [-0.4, -0.2) is 119 Å². The number of allylic oxidation sites excluding steroid dienone is 1. The van der Waals surface area contributed by atoms with Crippen LogP contribution in [0.15, 0.2) is 30.4 Å². The maximum absolute atomic E-state index is 14.4. The van der Waals surface area contributed by atoms with Gasteiger partial charge in [0.25, 0.3) is 0 Å². The Morgan fingerprint density at radius 2 is 1.53 bits per heavy atom. The van der Waals surface area contributed by atoms with Gasteiger partial charge in [0.1, 0.15) is 54.5 Å². The third-order valence-electron chi connectivity index (χ3n) is 12.4. The minimum absolute atomic E-state index is 0.0602. The van der Waals surface area contributed by atoms with E-state index in [9.17, 15) is 42.3 Å². The van der Waals surface area contributed by atoms with E-state index in [4.69, 9.17) is 4.74 Å². The molecular weight excluding hydrogens is 754 g/mol. The number of carbonyl (C=O) groups is 7. The predicted molar refractivity (Wildman–Crippen MR) is 208 cm³/mol. The maximum Gasteiger partial charge on any atom is 0.328 e. The summed E-state index contributed by atoms with van der Waals surface area (Å²) in [5.74, 6) is -5.10. The Morgan fingerprint density at radius 1 is 0.897 bits per heavy atom. The fraction of sp³-hybridized carbons (Fsp3) is 0.643. The Morgan fingerprint density at radius 3 is 2.19 bits per heavy atom. The van der Waals surface area contributed by atoms with Crippen LogP contribution in [0.2, 0.25) is 0 Å². The number of hydrogen-bond acceptors (Lipinski definition) is 8. The highest BCUT2D eigenvalue weighted by molar-refractivity contribution is 5.98. The summed E-state index contributed by atoms with van der Waals surface area (Å²) < 4.78 is 34.3. The number of fused-ring (bicyclic) bond motifs is 2. The van der Waals surface area contributed by atoms with Gasteiger partial charge in [-0.2, -0.15) is 0 Å². The van der Waals surface area contributed by atoms with Crippen molar-refractivity contribution in [3.63, 3.8) is 0 Å². The van der Waals surface area contributed by atoms with Crippen LogP contribution in [0.25, 0.3) is 0 Å². The van der Waals surface area contributed by atoms with E-state index in [2.05, 4.69) is 36.7 Å². The molecule has 1 aliphatic carbocycles. The summed E-state index contributed by atoms with van der Waals surface area (Å²) in [5.41, 5.74) is 0.0602. The molecule has 9 atom stereocenters. The molecule has 1 aromatic rings. The second-order valence-corrected chi connectivity index (χ2v) is 16.8. The lowest BCUT2D eigenvalue weighted by atomic mass is 9.71. The Balaban J connectivity index is 1.43. The molecule has 3 heterocycles. The topological polar surface area (TPSA) is 175 Å². The summed E-state index contributed by atoms with van der Waals surface area (Å²) >= 11 is 0. The smallest absolute Gasteiger partial charge is 0.328 e. The van der Waals surface area contributed by atoms with E-state index in [1.54, 1.807) is 0 Å². The number of ether oxygens (including phenoxy) is 1. The highest BCUT2D eigenvalue weighted by atomic mass is 19.1. The lowest BCUT2D eigenvalue weighted by molar-refractivity contribution is -0.158. The SMILES string of the molecule is CC(C)C1CCC(C)C(/C=C/C(=O)N[C@@H](Cc2cc(F)cc(F)c2)C(=O)N[C@H]2COC(=O)[C@@H]3CCCN3C(=O)[C@H](C)NC(=O)[C@H](C)N(C)C(=O)[C@@H]3CCCN3C2=O)C1. The van der Waals surface area contributed by atoms with E-state index >= 15 is 0 Å². The lowest BCUT2D eigenvalue weighted by Gasteiger charge is -2.34. The third-order valence-corrected chi connectivity index (χ3v) is 12.4. The number of halogens is 2. The molecule has 0 spiro atoms. The van der Waals surface area contributed by atoms with Gasteiger partial charge < -0.3 is 35.4 Å². The zero-order valence-electron chi connectivity index (χ0n) is 34.3. The van der Waals surface area contributed by atoms with Crippen molar-refractivity contribution in [3.8, 4) is 0 Å². The first-order chi connectivity index (χ1) is 27.4. The van der Waals surface area contributed by atoms with Gasteiger partial charge in [-0.25, -0.2) is 13.6 Å². The van der Waals surface area contributed by atoms with Gasteiger partial charge in [-0.05, 0) is 106 Å². The van der Waals surface area contributed by atoms with Crippen molar-refractivity contribution in [1.82, 2.24) is 30.7 Å². The number of cyclic esters (lactones) is 1. The first kappa shape index (κ1) is 44.2. The van der Waals surface area contributed by atoms with Gasteiger partial charge in [0.2, 0.25) is 35.4 Å². The van der Waals surface area contributed by atoms with Crippen LogP contribution < -0.4 is 16.0 Å². The van der Waals surface area contributed by atoms with Gasteiger partial charge in [-0.15, -0.1) is 0 Å². The van der Waals surface area contributed by atoms with E-state index in [0.29, 0.717) is 36.7 Å². The fourth-order valence-electron chi connectivity index (χ4n) is 8.59. The van der Waals surface area contributed by atoms with Crippen LogP contribution in [0.4, 0.5) is 8.78 Å². The third kappa shape index (κ3) is 10.6. The molecule has 3 N–H and O–H groups in total. The van der Waals surface area contributed by atoms with Gasteiger partial charge in [-0.3, -0.25) is 28.8 Å². The van der Waals surface area contributed by atoms with Crippen LogP contribution in [0.3, 0.4) is 0 Å². The van der Waals surface area contributed by atoms with E-state index in [1.165, 1.54) is 41.7 Å². The van der Waals surface area contributed by atoms with Gasteiger partial charge in [0.05, 0.1) is 0 Å². The quantitative estimate of drug-likeness (QED) is 0.266. The molecule has 0 radical (unpaired) electrons. The van der Waals surface area contributed by atoms with E-state index in [-0.39, 0.29) is 43.8 Å². The Bertz CT molecular complexity index is 1750. The molecule has 3 saturated heterocycles. The molecule has 16 heteroatoms. The molecule has 4 fully saturated rings. The minimum Gasteiger partial charge on any atom is -0.461 e. The highest BCUT2D eigenvalue weighted by Crippen LogP contribution is 2.38. The van der Waals surface area contributed by atoms with Crippen molar-refractivity contribution in [2.24, 2.45) is 23.7 Å². The molecule has 3 unspecified atom stereocenters. The molecule has 14 nitrogen and oxygen atoms in total.